The molecule has 0 saturated carbocycles. The summed E-state index contributed by atoms with van der Waals surface area (Å²) in [6, 6.07) is 9.95. The number of benzene rings is 2. The molecule has 0 spiro atoms. The van der Waals surface area contributed by atoms with Crippen LogP contribution in [-0.2, 0) is 19.4 Å². The Hall–Kier alpha value is -2.26. The lowest BCUT2D eigenvalue weighted by atomic mass is 10.2. The van der Waals surface area contributed by atoms with E-state index in [9.17, 15) is 22.4 Å². The van der Waals surface area contributed by atoms with Gasteiger partial charge in [0.25, 0.3) is 0 Å². The van der Waals surface area contributed by atoms with Crippen molar-refractivity contribution in [1.29, 1.82) is 0 Å². The maximum absolute atomic E-state index is 12.8. The van der Waals surface area contributed by atoms with E-state index in [4.69, 9.17) is 0 Å². The summed E-state index contributed by atoms with van der Waals surface area (Å²) in [5, 5.41) is 4.81. The van der Waals surface area contributed by atoms with Crippen molar-refractivity contribution in [2.75, 3.05) is 22.1 Å². The Labute approximate surface area is 158 Å². The Morgan fingerprint density at radius 2 is 1.46 bits per heavy atom. The van der Waals surface area contributed by atoms with E-state index in [2.05, 4.69) is 26.6 Å². The van der Waals surface area contributed by atoms with Crippen molar-refractivity contribution in [3.63, 3.8) is 0 Å². The van der Waals surface area contributed by atoms with Crippen LogP contribution in [0.2, 0.25) is 0 Å². The third-order valence-corrected chi connectivity index (χ3v) is 5.54. The summed E-state index contributed by atoms with van der Waals surface area (Å²) in [5.41, 5.74) is 1.67. The minimum atomic E-state index is -3.96. The summed E-state index contributed by atoms with van der Waals surface area (Å²) in [7, 11) is -3.96. The summed E-state index contributed by atoms with van der Waals surface area (Å²) < 4.78 is 37.6. The summed E-state index contributed by atoms with van der Waals surface area (Å²) in [6.07, 6.45) is 0. The van der Waals surface area contributed by atoms with Crippen LogP contribution >= 0.6 is 15.9 Å². The largest absolute Gasteiger partial charge is 0.325 e. The number of carbonyl (C=O) groups excluding carboxylic acids is 2. The predicted molar refractivity (Wildman–Crippen MR) is 101 cm³/mol. The molecule has 2 aromatic carbocycles. The SMILES string of the molecule is Cc1ccc(NC(=O)CS(=O)(=O)CC(=O)Nc2ccc(F)cc2)cc1Br. The van der Waals surface area contributed by atoms with Crippen LogP contribution in [0.1, 0.15) is 5.56 Å². The molecule has 0 unspecified atom stereocenters. The average molecular weight is 443 g/mol. The normalized spacial score (nSPS) is 11.0. The van der Waals surface area contributed by atoms with Gasteiger partial charge in [0, 0.05) is 15.8 Å². The molecule has 2 amide bonds. The van der Waals surface area contributed by atoms with E-state index < -0.39 is 39.0 Å². The van der Waals surface area contributed by atoms with E-state index in [0.717, 1.165) is 22.2 Å². The number of carbonyl (C=O) groups is 2. The summed E-state index contributed by atoms with van der Waals surface area (Å²) in [6.45, 7) is 1.87. The van der Waals surface area contributed by atoms with Gasteiger partial charge >= 0.3 is 0 Å². The van der Waals surface area contributed by atoms with Crippen LogP contribution < -0.4 is 10.6 Å². The Kier molecular flexibility index (Phi) is 6.49. The van der Waals surface area contributed by atoms with Gasteiger partial charge in [-0.1, -0.05) is 22.0 Å². The van der Waals surface area contributed by atoms with Crippen molar-refractivity contribution in [3.05, 3.63) is 58.3 Å². The zero-order valence-corrected chi connectivity index (χ0v) is 16.2. The maximum Gasteiger partial charge on any atom is 0.239 e. The summed E-state index contributed by atoms with van der Waals surface area (Å²) >= 11 is 3.32. The van der Waals surface area contributed by atoms with Crippen LogP contribution in [0.15, 0.2) is 46.9 Å². The van der Waals surface area contributed by atoms with Gasteiger partial charge in [-0.05, 0) is 48.9 Å². The highest BCUT2D eigenvalue weighted by atomic mass is 79.9. The van der Waals surface area contributed by atoms with Crippen molar-refractivity contribution < 1.29 is 22.4 Å². The third kappa shape index (κ3) is 6.23. The van der Waals surface area contributed by atoms with Crippen molar-refractivity contribution >= 4 is 49.0 Å². The van der Waals surface area contributed by atoms with Crippen molar-refractivity contribution in [2.45, 2.75) is 6.92 Å². The maximum atomic E-state index is 12.8. The number of rotatable bonds is 6. The predicted octanol–water partition coefficient (Wildman–Crippen LogP) is 2.89. The number of aryl methyl sites for hydroxylation is 1. The zero-order valence-electron chi connectivity index (χ0n) is 13.8. The van der Waals surface area contributed by atoms with Gasteiger partial charge in [-0.15, -0.1) is 0 Å². The van der Waals surface area contributed by atoms with Gasteiger partial charge in [0.2, 0.25) is 11.8 Å². The highest BCUT2D eigenvalue weighted by molar-refractivity contribution is 9.10. The van der Waals surface area contributed by atoms with Gasteiger partial charge in [0.15, 0.2) is 9.84 Å². The fourth-order valence-corrected chi connectivity index (χ4v) is 3.47. The minimum absolute atomic E-state index is 0.264. The molecule has 0 radical (unpaired) electrons. The van der Waals surface area contributed by atoms with Crippen LogP contribution in [0.25, 0.3) is 0 Å². The summed E-state index contributed by atoms with van der Waals surface area (Å²) in [4.78, 5) is 23.7. The first kappa shape index (κ1) is 20.1. The van der Waals surface area contributed by atoms with Crippen molar-refractivity contribution in [1.82, 2.24) is 0 Å². The minimum Gasteiger partial charge on any atom is -0.325 e. The van der Waals surface area contributed by atoms with Gasteiger partial charge in [-0.3, -0.25) is 9.59 Å². The number of nitrogens with one attached hydrogen (secondary N) is 2. The standard InChI is InChI=1S/C17H16BrFN2O4S/c1-11-2-5-14(8-15(11)18)21-17(23)10-26(24,25)9-16(22)20-13-6-3-12(19)4-7-13/h2-8H,9-10H2,1H3,(H,20,22)(H,21,23). The molecule has 0 bridgehead atoms. The third-order valence-electron chi connectivity index (χ3n) is 3.29. The first-order valence-corrected chi connectivity index (χ1v) is 10.1. The average Bonchev–Trinajstić information content (AvgIpc) is 2.52. The Bertz CT molecular complexity index is 930. The van der Waals surface area contributed by atoms with Crippen LogP contribution in [0.5, 0.6) is 0 Å². The number of anilines is 2. The smallest absolute Gasteiger partial charge is 0.239 e. The lowest BCUT2D eigenvalue weighted by Gasteiger charge is -2.08. The first-order chi connectivity index (χ1) is 12.1. The second-order valence-corrected chi connectivity index (χ2v) is 8.52. The van der Waals surface area contributed by atoms with E-state index in [1.807, 2.05) is 6.92 Å². The lowest BCUT2D eigenvalue weighted by Crippen LogP contribution is -2.30. The van der Waals surface area contributed by atoms with E-state index in [1.54, 1.807) is 18.2 Å². The molecular weight excluding hydrogens is 427 g/mol. The fraction of sp³-hybridized carbons (Fsp3) is 0.176. The number of sulfone groups is 1. The van der Waals surface area contributed by atoms with Gasteiger partial charge in [-0.2, -0.15) is 0 Å². The molecule has 2 N–H and O–H groups in total. The van der Waals surface area contributed by atoms with Crippen LogP contribution in [0.3, 0.4) is 0 Å². The molecule has 2 rings (SSSR count). The molecule has 0 aliphatic heterocycles. The molecule has 0 aromatic heterocycles. The lowest BCUT2D eigenvalue weighted by molar-refractivity contribution is -0.114. The summed E-state index contributed by atoms with van der Waals surface area (Å²) in [5.74, 6) is -3.70. The molecule has 0 atom stereocenters. The molecule has 6 nitrogen and oxygen atoms in total. The molecule has 0 aliphatic carbocycles. The van der Waals surface area contributed by atoms with E-state index >= 15 is 0 Å². The fourth-order valence-electron chi connectivity index (χ4n) is 2.05. The number of hydrogen-bond acceptors (Lipinski definition) is 4. The number of hydrogen-bond donors (Lipinski definition) is 2. The first-order valence-electron chi connectivity index (χ1n) is 7.46. The molecule has 26 heavy (non-hydrogen) atoms. The molecule has 0 aliphatic rings. The van der Waals surface area contributed by atoms with E-state index in [0.29, 0.717) is 5.69 Å². The second kappa shape index (κ2) is 8.41. The molecule has 0 saturated heterocycles. The van der Waals surface area contributed by atoms with E-state index in [1.165, 1.54) is 12.1 Å². The second-order valence-electron chi connectivity index (χ2n) is 5.60. The zero-order chi connectivity index (χ0) is 19.3. The van der Waals surface area contributed by atoms with Crippen molar-refractivity contribution in [2.24, 2.45) is 0 Å². The van der Waals surface area contributed by atoms with Gasteiger partial charge in [-0.25, -0.2) is 12.8 Å². The molecule has 0 fully saturated rings. The molecule has 0 heterocycles. The van der Waals surface area contributed by atoms with Crippen LogP contribution in [-0.4, -0.2) is 31.7 Å². The van der Waals surface area contributed by atoms with Crippen LogP contribution in [0.4, 0.5) is 15.8 Å². The quantitative estimate of drug-likeness (QED) is 0.718. The van der Waals surface area contributed by atoms with Crippen LogP contribution in [0, 0.1) is 12.7 Å². The molecule has 138 valence electrons. The Morgan fingerprint density at radius 1 is 0.962 bits per heavy atom. The van der Waals surface area contributed by atoms with Gasteiger partial charge in [0.05, 0.1) is 0 Å². The topological polar surface area (TPSA) is 92.3 Å². The Balaban J connectivity index is 1.92. The molecular formula is C17H16BrFN2O4S. The number of amides is 2. The van der Waals surface area contributed by atoms with Crippen molar-refractivity contribution in [3.8, 4) is 0 Å². The Morgan fingerprint density at radius 3 is 2.00 bits per heavy atom. The van der Waals surface area contributed by atoms with Gasteiger partial charge < -0.3 is 10.6 Å². The number of halogens is 2. The highest BCUT2D eigenvalue weighted by Crippen LogP contribution is 2.20. The molecule has 2 aromatic rings. The molecule has 9 heteroatoms. The van der Waals surface area contributed by atoms with E-state index in [-0.39, 0.29) is 5.69 Å². The van der Waals surface area contributed by atoms with Gasteiger partial charge in [0.1, 0.15) is 17.3 Å². The highest BCUT2D eigenvalue weighted by Gasteiger charge is 2.21. The monoisotopic (exact) mass is 442 g/mol.